The molecule has 2 aromatic rings. The van der Waals surface area contributed by atoms with E-state index < -0.39 is 15.9 Å². The van der Waals surface area contributed by atoms with Crippen molar-refractivity contribution in [3.63, 3.8) is 0 Å². The van der Waals surface area contributed by atoms with E-state index in [1.54, 1.807) is 37.3 Å². The van der Waals surface area contributed by atoms with Gasteiger partial charge >= 0.3 is 0 Å². The van der Waals surface area contributed by atoms with Crippen LogP contribution in [0.2, 0.25) is 0 Å². The van der Waals surface area contributed by atoms with Crippen molar-refractivity contribution in [2.24, 2.45) is 0 Å². The summed E-state index contributed by atoms with van der Waals surface area (Å²) in [5.74, 6) is -0.116. The Morgan fingerprint density at radius 3 is 2.31 bits per heavy atom. The van der Waals surface area contributed by atoms with Gasteiger partial charge in [-0.15, -0.1) is 0 Å². The van der Waals surface area contributed by atoms with Crippen LogP contribution in [0.4, 0.5) is 11.4 Å². The van der Waals surface area contributed by atoms with Gasteiger partial charge in [0, 0.05) is 25.3 Å². The lowest BCUT2D eigenvalue weighted by atomic mass is 10.2. The highest BCUT2D eigenvalue weighted by molar-refractivity contribution is 7.89. The van der Waals surface area contributed by atoms with E-state index in [1.165, 1.54) is 26.1 Å². The Hall–Kier alpha value is -2.91. The number of carbonyl (C=O) groups excluding carboxylic acids is 2. The molecule has 9 heteroatoms. The molecule has 0 saturated carbocycles. The summed E-state index contributed by atoms with van der Waals surface area (Å²) in [4.78, 5) is 23.5. The minimum Gasteiger partial charge on any atom is -0.494 e. The highest BCUT2D eigenvalue weighted by Crippen LogP contribution is 2.23. The Bertz CT molecular complexity index is 1000. The Kier molecular flexibility index (Phi) is 7.35. The zero-order chi connectivity index (χ0) is 21.6. The molecule has 0 saturated heterocycles. The van der Waals surface area contributed by atoms with Crippen molar-refractivity contribution in [1.82, 2.24) is 4.31 Å². The van der Waals surface area contributed by atoms with E-state index in [2.05, 4.69) is 10.6 Å². The van der Waals surface area contributed by atoms with Gasteiger partial charge in [-0.2, -0.15) is 4.31 Å². The number of carbonyl (C=O) groups is 2. The second-order valence-electron chi connectivity index (χ2n) is 6.43. The maximum atomic E-state index is 12.8. The van der Waals surface area contributed by atoms with Gasteiger partial charge in [-0.3, -0.25) is 9.59 Å². The van der Waals surface area contributed by atoms with Gasteiger partial charge < -0.3 is 15.4 Å². The van der Waals surface area contributed by atoms with E-state index in [0.717, 1.165) is 4.31 Å². The van der Waals surface area contributed by atoms with Crippen molar-refractivity contribution in [2.45, 2.75) is 25.7 Å². The summed E-state index contributed by atoms with van der Waals surface area (Å²) in [6.07, 6.45) is 0. The molecule has 0 radical (unpaired) electrons. The number of rotatable bonds is 8. The van der Waals surface area contributed by atoms with Crippen LogP contribution >= 0.6 is 0 Å². The Labute approximate surface area is 170 Å². The van der Waals surface area contributed by atoms with Crippen LogP contribution in [0, 0.1) is 6.92 Å². The van der Waals surface area contributed by atoms with Gasteiger partial charge in [0.25, 0.3) is 0 Å². The van der Waals surface area contributed by atoms with Crippen molar-refractivity contribution in [1.29, 1.82) is 0 Å². The SMILES string of the molecule is CCOc1ccc(S(=O)(=O)N(C)CC(=O)Nc2cccc(NC(C)=O)c2)cc1C. The quantitative estimate of drug-likeness (QED) is 0.684. The largest absolute Gasteiger partial charge is 0.494 e. The van der Waals surface area contributed by atoms with Crippen LogP contribution in [0.15, 0.2) is 47.4 Å². The van der Waals surface area contributed by atoms with Gasteiger partial charge in [0.2, 0.25) is 21.8 Å². The fraction of sp³-hybridized carbons (Fsp3) is 0.300. The van der Waals surface area contributed by atoms with Crippen molar-refractivity contribution in [3.8, 4) is 5.75 Å². The molecule has 0 unspecified atom stereocenters. The van der Waals surface area contributed by atoms with E-state index in [0.29, 0.717) is 29.3 Å². The second kappa shape index (κ2) is 9.53. The van der Waals surface area contributed by atoms with Crippen LogP contribution < -0.4 is 15.4 Å². The van der Waals surface area contributed by atoms with Gasteiger partial charge in [-0.05, 0) is 55.8 Å². The van der Waals surface area contributed by atoms with E-state index in [4.69, 9.17) is 4.74 Å². The van der Waals surface area contributed by atoms with Crippen LogP contribution in [0.1, 0.15) is 19.4 Å². The summed E-state index contributed by atoms with van der Waals surface area (Å²) in [5, 5.41) is 5.25. The van der Waals surface area contributed by atoms with Crippen LogP contribution in [0.5, 0.6) is 5.75 Å². The number of amides is 2. The summed E-state index contributed by atoms with van der Waals surface area (Å²) in [7, 11) is -2.50. The molecule has 0 aromatic heterocycles. The summed E-state index contributed by atoms with van der Waals surface area (Å²) in [6, 6.07) is 11.2. The van der Waals surface area contributed by atoms with Gasteiger partial charge in [-0.25, -0.2) is 8.42 Å². The lowest BCUT2D eigenvalue weighted by Gasteiger charge is -2.18. The average Bonchev–Trinajstić information content (AvgIpc) is 2.63. The predicted molar refractivity (Wildman–Crippen MR) is 112 cm³/mol. The molecule has 2 rings (SSSR count). The number of aryl methyl sites for hydroxylation is 1. The minimum atomic E-state index is -3.84. The van der Waals surface area contributed by atoms with Crippen molar-refractivity contribution in [3.05, 3.63) is 48.0 Å². The average molecular weight is 420 g/mol. The van der Waals surface area contributed by atoms with E-state index >= 15 is 0 Å². The lowest BCUT2D eigenvalue weighted by Crippen LogP contribution is -2.35. The highest BCUT2D eigenvalue weighted by Gasteiger charge is 2.23. The first kappa shape index (κ1) is 22.4. The minimum absolute atomic E-state index is 0.0846. The topological polar surface area (TPSA) is 105 Å². The van der Waals surface area contributed by atoms with Gasteiger partial charge in [0.15, 0.2) is 0 Å². The molecule has 0 aliphatic carbocycles. The monoisotopic (exact) mass is 419 g/mol. The zero-order valence-electron chi connectivity index (χ0n) is 16.9. The van der Waals surface area contributed by atoms with Crippen LogP contribution in [-0.4, -0.2) is 44.7 Å². The number of benzene rings is 2. The predicted octanol–water partition coefficient (Wildman–Crippen LogP) is 2.61. The number of nitrogens with zero attached hydrogens (tertiary/aromatic N) is 1. The summed E-state index contributed by atoms with van der Waals surface area (Å²) in [6.45, 7) is 5.12. The third-order valence-electron chi connectivity index (χ3n) is 3.99. The molecule has 0 heterocycles. The zero-order valence-corrected chi connectivity index (χ0v) is 17.7. The third kappa shape index (κ3) is 6.03. The standard InChI is InChI=1S/C20H25N3O5S/c1-5-28-19-10-9-18(11-14(19)2)29(26,27)23(4)13-20(25)22-17-8-6-7-16(12-17)21-15(3)24/h6-12H,5,13H2,1-4H3,(H,21,24)(H,22,25). The number of nitrogens with one attached hydrogen (secondary N) is 2. The smallest absolute Gasteiger partial charge is 0.243 e. The molecule has 2 amide bonds. The molecule has 0 fully saturated rings. The molecule has 0 atom stereocenters. The third-order valence-corrected chi connectivity index (χ3v) is 5.79. The van der Waals surface area contributed by atoms with Crippen molar-refractivity contribution in [2.75, 3.05) is 30.8 Å². The maximum Gasteiger partial charge on any atom is 0.243 e. The van der Waals surface area contributed by atoms with Gasteiger partial charge in [0.1, 0.15) is 5.75 Å². The Balaban J connectivity index is 2.08. The van der Waals surface area contributed by atoms with Crippen molar-refractivity contribution < 1.29 is 22.7 Å². The van der Waals surface area contributed by atoms with E-state index in [9.17, 15) is 18.0 Å². The van der Waals surface area contributed by atoms with Gasteiger partial charge in [-0.1, -0.05) is 6.07 Å². The number of hydrogen-bond donors (Lipinski definition) is 2. The molecule has 0 bridgehead atoms. The fourth-order valence-corrected chi connectivity index (χ4v) is 3.86. The van der Waals surface area contributed by atoms with Crippen LogP contribution in [0.3, 0.4) is 0 Å². The summed E-state index contributed by atoms with van der Waals surface area (Å²) >= 11 is 0. The number of sulfonamides is 1. The first-order valence-electron chi connectivity index (χ1n) is 9.00. The van der Waals surface area contributed by atoms with Gasteiger partial charge in [0.05, 0.1) is 18.0 Å². The Morgan fingerprint density at radius 1 is 1.07 bits per heavy atom. The van der Waals surface area contributed by atoms with Crippen molar-refractivity contribution >= 4 is 33.2 Å². The molecular weight excluding hydrogens is 394 g/mol. The first-order valence-corrected chi connectivity index (χ1v) is 10.4. The fourth-order valence-electron chi connectivity index (χ4n) is 2.65. The summed E-state index contributed by atoms with van der Waals surface area (Å²) < 4.78 is 32.0. The molecular formula is C20H25N3O5S. The molecule has 0 aliphatic heterocycles. The Morgan fingerprint density at radius 2 is 1.72 bits per heavy atom. The molecule has 0 spiro atoms. The number of anilines is 2. The maximum absolute atomic E-state index is 12.8. The lowest BCUT2D eigenvalue weighted by molar-refractivity contribution is -0.116. The first-order chi connectivity index (χ1) is 13.6. The number of ether oxygens (including phenoxy) is 1. The summed E-state index contributed by atoms with van der Waals surface area (Å²) in [5.41, 5.74) is 1.67. The molecule has 29 heavy (non-hydrogen) atoms. The molecule has 156 valence electrons. The van der Waals surface area contributed by atoms with Crippen LogP contribution in [0.25, 0.3) is 0 Å². The second-order valence-corrected chi connectivity index (χ2v) is 8.48. The normalized spacial score (nSPS) is 11.2. The number of hydrogen-bond acceptors (Lipinski definition) is 5. The number of likely N-dealkylation sites (N-methyl/N-ethyl adjacent to an activating group) is 1. The molecule has 8 nitrogen and oxygen atoms in total. The molecule has 0 aliphatic rings. The molecule has 2 N–H and O–H groups in total. The van der Waals surface area contributed by atoms with E-state index in [-0.39, 0.29) is 17.3 Å². The van der Waals surface area contributed by atoms with Crippen LogP contribution in [-0.2, 0) is 19.6 Å². The molecule has 2 aromatic carbocycles. The van der Waals surface area contributed by atoms with E-state index in [1.807, 2.05) is 6.92 Å². The highest BCUT2D eigenvalue weighted by atomic mass is 32.2.